The van der Waals surface area contributed by atoms with Gasteiger partial charge in [-0.25, -0.2) is 0 Å². The molecule has 2 aromatic carbocycles. The van der Waals surface area contributed by atoms with E-state index in [0.717, 1.165) is 55.1 Å². The molecule has 30 heavy (non-hydrogen) atoms. The second kappa shape index (κ2) is 14.9. The van der Waals surface area contributed by atoms with Gasteiger partial charge in [-0.3, -0.25) is 0 Å². The van der Waals surface area contributed by atoms with Crippen LogP contribution in [0.1, 0.15) is 68.3 Å². The third-order valence-corrected chi connectivity index (χ3v) is 5.96. The topological polar surface area (TPSA) is 35.5 Å². The number of carbonyl (C=O) groups excluding carboxylic acids is 1. The Morgan fingerprint density at radius 3 is 2.27 bits per heavy atom. The summed E-state index contributed by atoms with van der Waals surface area (Å²) >= 11 is 6.28. The average Bonchev–Trinajstić information content (AvgIpc) is 2.70. The maximum atomic E-state index is 12.9. The Morgan fingerprint density at radius 1 is 0.967 bits per heavy atom. The van der Waals surface area contributed by atoms with Gasteiger partial charge in [0.05, 0.1) is 19.0 Å². The van der Waals surface area contributed by atoms with Crippen molar-refractivity contribution in [2.45, 2.75) is 59.3 Å². The Kier molecular flexibility index (Phi) is 13.5. The van der Waals surface area contributed by atoms with Crippen molar-refractivity contribution < 1.29 is 33.1 Å². The minimum Gasteiger partial charge on any atom is -0.496 e. The predicted octanol–water partition coefficient (Wildman–Crippen LogP) is 4.20. The summed E-state index contributed by atoms with van der Waals surface area (Å²) in [5.74, 6) is 1.50. The van der Waals surface area contributed by atoms with Crippen LogP contribution in [0.5, 0.6) is 11.5 Å². The largest absolute Gasteiger partial charge is 1.00 e. The molecule has 0 aliphatic heterocycles. The first-order chi connectivity index (χ1) is 14.1. The molecule has 0 heterocycles. The molecule has 2 aromatic rings. The van der Waals surface area contributed by atoms with Crippen molar-refractivity contribution in [3.05, 3.63) is 52.5 Å². The fourth-order valence-electron chi connectivity index (χ4n) is 2.94. The summed E-state index contributed by atoms with van der Waals surface area (Å²) in [7, 11) is 0.553. The molecule has 0 unspecified atom stereocenters. The van der Waals surface area contributed by atoms with Gasteiger partial charge in [-0.15, -0.1) is 0 Å². The molecule has 0 saturated heterocycles. The summed E-state index contributed by atoms with van der Waals surface area (Å²) in [5, 5.41) is 1.33. The molecule has 0 saturated carbocycles. The summed E-state index contributed by atoms with van der Waals surface area (Å²) in [4.78, 5) is 12.9. The number of hydrogen-bond acceptors (Lipinski definition) is 3. The molecule has 158 valence electrons. The predicted molar refractivity (Wildman–Crippen MR) is 124 cm³/mol. The first-order valence-electron chi connectivity index (χ1n) is 10.5. The second-order valence-electron chi connectivity index (χ2n) is 7.09. The quantitative estimate of drug-likeness (QED) is 0.266. The maximum absolute atomic E-state index is 12.9. The molecule has 0 aliphatic rings. The molecule has 0 spiro atoms. The third-order valence-electron chi connectivity index (χ3n) is 4.61. The molecule has 3 nitrogen and oxygen atoms in total. The number of ether oxygens (including phenoxy) is 2. The molecular weight excluding hydrogens is 410 g/mol. The number of rotatable bonds is 13. The summed E-state index contributed by atoms with van der Waals surface area (Å²) in [6, 6.07) is 11.3. The van der Waals surface area contributed by atoms with Gasteiger partial charge in [0.2, 0.25) is 0 Å². The molecule has 0 atom stereocenters. The molecule has 0 aromatic heterocycles. The number of aryl methyl sites for hydroxylation is 1. The molecule has 2 rings (SSSR count). The average molecular weight is 441 g/mol. The number of hydrogen-bond donors (Lipinski definition) is 0. The van der Waals surface area contributed by atoms with Crippen molar-refractivity contribution in [1.82, 2.24) is 0 Å². The molecule has 0 fully saturated rings. The van der Waals surface area contributed by atoms with Crippen LogP contribution in [0.25, 0.3) is 0 Å². The summed E-state index contributed by atoms with van der Waals surface area (Å²) in [6.45, 7) is 7.57. The second-order valence-corrected chi connectivity index (χ2v) is 8.61. The zero-order valence-corrected chi connectivity index (χ0v) is 20.3. The van der Waals surface area contributed by atoms with E-state index in [1.54, 1.807) is 6.07 Å². The van der Waals surface area contributed by atoms with Crippen molar-refractivity contribution >= 4 is 31.0 Å². The summed E-state index contributed by atoms with van der Waals surface area (Å²) < 4.78 is 11.9. The Balaban J connectivity index is 0.00000450. The zero-order valence-electron chi connectivity index (χ0n) is 18.7. The number of halogens is 1. The standard InChI is InChI=1S/C24H31ClO3P.Li/c1-4-6-8-15-27-19-13-14-22(21(17-19)28-16-9-7-5-2)29-24(26)23-18(3)11-10-12-20(23)25;/h10-14,17H,4-9,15-16H2,1-3H3;/q-1;+1. The third kappa shape index (κ3) is 8.64. The molecule has 0 N–H and O–H groups in total. The van der Waals surface area contributed by atoms with Gasteiger partial charge in [0.25, 0.3) is 0 Å². The Labute approximate surface area is 200 Å². The van der Waals surface area contributed by atoms with Crippen LogP contribution in [0, 0.1) is 6.92 Å². The molecule has 0 radical (unpaired) electrons. The first-order valence-corrected chi connectivity index (χ1v) is 11.7. The van der Waals surface area contributed by atoms with E-state index < -0.39 is 0 Å². The van der Waals surface area contributed by atoms with E-state index in [1.165, 1.54) is 0 Å². The Bertz CT molecular complexity index is 778. The molecule has 6 heteroatoms. The van der Waals surface area contributed by atoms with E-state index in [0.29, 0.717) is 38.1 Å². The van der Waals surface area contributed by atoms with E-state index >= 15 is 0 Å². The van der Waals surface area contributed by atoms with Crippen LogP contribution in [0.15, 0.2) is 36.4 Å². The van der Waals surface area contributed by atoms with E-state index in [-0.39, 0.29) is 24.4 Å². The Hall–Kier alpha value is -0.973. The fraction of sp³-hybridized carbons (Fsp3) is 0.458. The molecule has 0 amide bonds. The number of carbonyl (C=O) groups is 1. The minimum absolute atomic E-state index is 0. The van der Waals surface area contributed by atoms with Gasteiger partial charge in [0.15, 0.2) is 0 Å². The van der Waals surface area contributed by atoms with Crippen LogP contribution in [0.2, 0.25) is 5.02 Å². The van der Waals surface area contributed by atoms with Crippen LogP contribution >= 0.6 is 20.2 Å². The minimum atomic E-state index is -0.0249. The van der Waals surface area contributed by atoms with Gasteiger partial charge < -0.3 is 22.8 Å². The van der Waals surface area contributed by atoms with Crippen molar-refractivity contribution in [1.29, 1.82) is 0 Å². The monoisotopic (exact) mass is 440 g/mol. The van der Waals surface area contributed by atoms with E-state index in [9.17, 15) is 4.79 Å². The van der Waals surface area contributed by atoms with Crippen LogP contribution < -0.4 is 33.6 Å². The van der Waals surface area contributed by atoms with Crippen molar-refractivity contribution in [3.8, 4) is 11.5 Å². The van der Waals surface area contributed by atoms with Crippen LogP contribution in [0.3, 0.4) is 0 Å². The first kappa shape index (κ1) is 27.1. The number of benzene rings is 2. The van der Waals surface area contributed by atoms with Crippen molar-refractivity contribution in [3.63, 3.8) is 0 Å². The number of unbranched alkanes of at least 4 members (excludes halogenated alkanes) is 4. The summed E-state index contributed by atoms with van der Waals surface area (Å²) in [6.07, 6.45) is 6.61. The zero-order chi connectivity index (χ0) is 21.1. The van der Waals surface area contributed by atoms with Crippen molar-refractivity contribution in [2.24, 2.45) is 0 Å². The van der Waals surface area contributed by atoms with Gasteiger partial charge >= 0.3 is 18.9 Å². The van der Waals surface area contributed by atoms with Crippen LogP contribution in [0.4, 0.5) is 0 Å². The van der Waals surface area contributed by atoms with E-state index in [4.69, 9.17) is 21.1 Å². The van der Waals surface area contributed by atoms with Crippen molar-refractivity contribution in [2.75, 3.05) is 13.2 Å². The van der Waals surface area contributed by atoms with Gasteiger partial charge in [-0.2, -0.15) is 5.30 Å². The molecule has 0 bridgehead atoms. The maximum Gasteiger partial charge on any atom is 1.00 e. The normalized spacial score (nSPS) is 10.8. The fourth-order valence-corrected chi connectivity index (χ4v) is 4.33. The van der Waals surface area contributed by atoms with Gasteiger partial charge in [0.1, 0.15) is 5.75 Å². The van der Waals surface area contributed by atoms with Crippen LogP contribution in [-0.2, 0) is 0 Å². The van der Waals surface area contributed by atoms with Crippen LogP contribution in [-0.4, -0.2) is 18.7 Å². The summed E-state index contributed by atoms with van der Waals surface area (Å²) in [5.41, 5.74) is 1.44. The molecule has 0 aliphatic carbocycles. The van der Waals surface area contributed by atoms with Gasteiger partial charge in [-0.05, 0) is 37.5 Å². The molecular formula is C24H31ClLiO3P. The SMILES string of the molecule is CCCCCOc1ccc([P-]C(=O)c2c(C)cccc2Cl)c(OCCCCC)c1.[Li+]. The van der Waals surface area contributed by atoms with E-state index in [2.05, 4.69) is 13.8 Å². The van der Waals surface area contributed by atoms with Gasteiger partial charge in [-0.1, -0.05) is 69.3 Å². The van der Waals surface area contributed by atoms with E-state index in [1.807, 2.05) is 37.3 Å². The Morgan fingerprint density at radius 2 is 1.63 bits per heavy atom. The smallest absolute Gasteiger partial charge is 0.496 e. The van der Waals surface area contributed by atoms with Gasteiger partial charge in [0, 0.05) is 22.2 Å².